The second kappa shape index (κ2) is 7.83. The summed E-state index contributed by atoms with van der Waals surface area (Å²) in [7, 11) is 1.53. The van der Waals surface area contributed by atoms with Crippen LogP contribution in [0.1, 0.15) is 26.2 Å². The first-order valence-corrected chi connectivity index (χ1v) is 7.48. The van der Waals surface area contributed by atoms with Gasteiger partial charge in [-0.1, -0.05) is 6.42 Å². The third-order valence-corrected chi connectivity index (χ3v) is 3.84. The Morgan fingerprint density at radius 2 is 2.38 bits per heavy atom. The van der Waals surface area contributed by atoms with Gasteiger partial charge in [0.1, 0.15) is 5.69 Å². The number of hydrogen-bond acceptors (Lipinski definition) is 4. The fourth-order valence-electron chi connectivity index (χ4n) is 2.62. The van der Waals surface area contributed by atoms with E-state index in [9.17, 15) is 4.79 Å². The van der Waals surface area contributed by atoms with E-state index in [0.29, 0.717) is 24.2 Å². The molecule has 2 amide bonds. The number of ether oxygens (including phenoxy) is 1. The van der Waals surface area contributed by atoms with Crippen molar-refractivity contribution in [2.75, 3.05) is 32.1 Å². The molecule has 1 unspecified atom stereocenters. The van der Waals surface area contributed by atoms with Crippen LogP contribution in [0.5, 0.6) is 5.88 Å². The number of anilines is 1. The molecule has 1 aliphatic rings. The van der Waals surface area contributed by atoms with Crippen LogP contribution >= 0.6 is 0 Å². The molecule has 0 aliphatic carbocycles. The zero-order valence-electron chi connectivity index (χ0n) is 12.8. The second-order valence-electron chi connectivity index (χ2n) is 5.32. The van der Waals surface area contributed by atoms with Crippen LogP contribution in [0, 0.1) is 0 Å². The molecule has 0 radical (unpaired) electrons. The molecule has 2 rings (SSSR count). The number of nitrogens with zero attached hydrogens (tertiary/aromatic N) is 2. The summed E-state index contributed by atoms with van der Waals surface area (Å²) in [6, 6.07) is 3.90. The van der Waals surface area contributed by atoms with E-state index in [1.165, 1.54) is 26.4 Å². The number of carbonyl (C=O) groups is 1. The molecule has 1 aromatic heterocycles. The van der Waals surface area contributed by atoms with E-state index in [4.69, 9.17) is 4.74 Å². The van der Waals surface area contributed by atoms with E-state index in [1.807, 2.05) is 0 Å². The Morgan fingerprint density at radius 3 is 3.14 bits per heavy atom. The van der Waals surface area contributed by atoms with Crippen molar-refractivity contribution in [2.45, 2.75) is 32.2 Å². The number of likely N-dealkylation sites (tertiary alicyclic amines) is 1. The zero-order valence-corrected chi connectivity index (χ0v) is 12.8. The molecule has 116 valence electrons. The number of carbonyl (C=O) groups excluding carboxylic acids is 1. The summed E-state index contributed by atoms with van der Waals surface area (Å²) in [5.41, 5.74) is 0.573. The summed E-state index contributed by atoms with van der Waals surface area (Å²) in [4.78, 5) is 18.3. The van der Waals surface area contributed by atoms with E-state index >= 15 is 0 Å². The summed E-state index contributed by atoms with van der Waals surface area (Å²) >= 11 is 0. The maximum Gasteiger partial charge on any atom is 0.319 e. The summed E-state index contributed by atoms with van der Waals surface area (Å²) < 4.78 is 5.10. The largest absolute Gasteiger partial charge is 0.480 e. The number of piperidine rings is 1. The standard InChI is InChI=1S/C15H24N4O2/c1-12-6-3-4-10-19(12)11-9-17-15(20)18-13-7-5-8-16-14(13)21-2/h5,7-8,12H,3-4,6,9-11H2,1-2H3,(H2,17,18,20). The average Bonchev–Trinajstić information content (AvgIpc) is 2.50. The lowest BCUT2D eigenvalue weighted by molar-refractivity contribution is 0.162. The fourth-order valence-corrected chi connectivity index (χ4v) is 2.62. The van der Waals surface area contributed by atoms with Gasteiger partial charge in [0.05, 0.1) is 7.11 Å². The fraction of sp³-hybridized carbons (Fsp3) is 0.600. The molecule has 0 saturated carbocycles. The molecule has 1 atom stereocenters. The van der Waals surface area contributed by atoms with Crippen molar-refractivity contribution in [1.29, 1.82) is 0 Å². The molecular formula is C15H24N4O2. The van der Waals surface area contributed by atoms with Crippen molar-refractivity contribution >= 4 is 11.7 Å². The first kappa shape index (κ1) is 15.6. The number of rotatable bonds is 5. The Balaban J connectivity index is 1.74. The quantitative estimate of drug-likeness (QED) is 0.872. The molecule has 0 spiro atoms. The van der Waals surface area contributed by atoms with Gasteiger partial charge in [-0.2, -0.15) is 0 Å². The van der Waals surface area contributed by atoms with Gasteiger partial charge >= 0.3 is 6.03 Å². The van der Waals surface area contributed by atoms with Crippen LogP contribution in [0.3, 0.4) is 0 Å². The van der Waals surface area contributed by atoms with Gasteiger partial charge in [-0.05, 0) is 38.4 Å². The molecule has 6 heteroatoms. The van der Waals surface area contributed by atoms with Crippen molar-refractivity contribution in [3.63, 3.8) is 0 Å². The van der Waals surface area contributed by atoms with E-state index in [0.717, 1.165) is 13.1 Å². The number of amides is 2. The number of nitrogens with one attached hydrogen (secondary N) is 2. The van der Waals surface area contributed by atoms with Gasteiger partial charge in [0.15, 0.2) is 0 Å². The summed E-state index contributed by atoms with van der Waals surface area (Å²) in [5.74, 6) is 0.414. The molecule has 6 nitrogen and oxygen atoms in total. The topological polar surface area (TPSA) is 66.5 Å². The minimum absolute atomic E-state index is 0.231. The van der Waals surface area contributed by atoms with Gasteiger partial charge < -0.3 is 15.4 Å². The van der Waals surface area contributed by atoms with Crippen LogP contribution in [0.4, 0.5) is 10.5 Å². The van der Waals surface area contributed by atoms with Crippen molar-refractivity contribution in [3.8, 4) is 5.88 Å². The Morgan fingerprint density at radius 1 is 1.52 bits per heavy atom. The first-order valence-electron chi connectivity index (χ1n) is 7.48. The highest BCUT2D eigenvalue weighted by Crippen LogP contribution is 2.19. The minimum Gasteiger partial charge on any atom is -0.480 e. The van der Waals surface area contributed by atoms with Crippen molar-refractivity contribution in [2.24, 2.45) is 0 Å². The molecule has 1 saturated heterocycles. The predicted octanol–water partition coefficient (Wildman–Crippen LogP) is 2.09. The molecule has 0 aromatic carbocycles. The lowest BCUT2D eigenvalue weighted by Gasteiger charge is -2.33. The van der Waals surface area contributed by atoms with Gasteiger partial charge in [-0.25, -0.2) is 9.78 Å². The summed E-state index contributed by atoms with van der Waals surface area (Å²) in [6.07, 6.45) is 5.44. The highest BCUT2D eigenvalue weighted by Gasteiger charge is 2.17. The molecular weight excluding hydrogens is 268 g/mol. The maximum atomic E-state index is 11.9. The maximum absolute atomic E-state index is 11.9. The van der Waals surface area contributed by atoms with E-state index in [2.05, 4.69) is 27.4 Å². The highest BCUT2D eigenvalue weighted by molar-refractivity contribution is 5.90. The number of aromatic nitrogens is 1. The second-order valence-corrected chi connectivity index (χ2v) is 5.32. The van der Waals surface area contributed by atoms with Crippen LogP contribution < -0.4 is 15.4 Å². The van der Waals surface area contributed by atoms with Gasteiger partial charge in [-0.15, -0.1) is 0 Å². The molecule has 1 aromatic rings. The zero-order chi connectivity index (χ0) is 15.1. The SMILES string of the molecule is COc1ncccc1NC(=O)NCCN1CCCCC1C. The van der Waals surface area contributed by atoms with Crippen LogP contribution in [-0.4, -0.2) is 48.7 Å². The van der Waals surface area contributed by atoms with Gasteiger partial charge in [0.25, 0.3) is 0 Å². The Labute approximate surface area is 125 Å². The van der Waals surface area contributed by atoms with Crippen molar-refractivity contribution in [1.82, 2.24) is 15.2 Å². The Bertz CT molecular complexity index is 467. The predicted molar refractivity (Wildman–Crippen MR) is 82.7 cm³/mol. The summed E-state index contributed by atoms with van der Waals surface area (Å²) in [6.45, 7) is 4.90. The Hall–Kier alpha value is -1.82. The van der Waals surface area contributed by atoms with E-state index in [-0.39, 0.29) is 6.03 Å². The molecule has 1 aliphatic heterocycles. The first-order chi connectivity index (χ1) is 10.2. The summed E-state index contributed by atoms with van der Waals surface area (Å²) in [5, 5.41) is 5.63. The van der Waals surface area contributed by atoms with E-state index in [1.54, 1.807) is 18.3 Å². The monoisotopic (exact) mass is 292 g/mol. The average molecular weight is 292 g/mol. The molecule has 2 N–H and O–H groups in total. The van der Waals surface area contributed by atoms with Crippen LogP contribution in [0.2, 0.25) is 0 Å². The minimum atomic E-state index is -0.231. The van der Waals surface area contributed by atoms with Crippen molar-refractivity contribution in [3.05, 3.63) is 18.3 Å². The highest BCUT2D eigenvalue weighted by atomic mass is 16.5. The molecule has 0 bridgehead atoms. The number of methoxy groups -OCH3 is 1. The van der Waals surface area contributed by atoms with Crippen LogP contribution in [0.15, 0.2) is 18.3 Å². The third-order valence-electron chi connectivity index (χ3n) is 3.84. The number of pyridine rings is 1. The number of urea groups is 1. The smallest absolute Gasteiger partial charge is 0.319 e. The number of hydrogen-bond donors (Lipinski definition) is 2. The third kappa shape index (κ3) is 4.60. The Kier molecular flexibility index (Phi) is 5.80. The van der Waals surface area contributed by atoms with E-state index < -0.39 is 0 Å². The lowest BCUT2D eigenvalue weighted by Crippen LogP contribution is -2.43. The molecule has 1 fully saturated rings. The van der Waals surface area contributed by atoms with Crippen molar-refractivity contribution < 1.29 is 9.53 Å². The van der Waals surface area contributed by atoms with Gasteiger partial charge in [-0.3, -0.25) is 4.90 Å². The van der Waals surface area contributed by atoms with Gasteiger partial charge in [0, 0.05) is 25.3 Å². The molecule has 2 heterocycles. The van der Waals surface area contributed by atoms with Crippen LogP contribution in [0.25, 0.3) is 0 Å². The normalized spacial score (nSPS) is 19.0. The van der Waals surface area contributed by atoms with Crippen LogP contribution in [-0.2, 0) is 0 Å². The lowest BCUT2D eigenvalue weighted by atomic mass is 10.0. The molecule has 21 heavy (non-hydrogen) atoms. The van der Waals surface area contributed by atoms with Gasteiger partial charge in [0.2, 0.25) is 5.88 Å².